The molecule has 0 radical (unpaired) electrons. The van der Waals surface area contributed by atoms with Crippen molar-refractivity contribution in [3.05, 3.63) is 68.6 Å². The van der Waals surface area contributed by atoms with Crippen molar-refractivity contribution in [3.8, 4) is 5.75 Å². The van der Waals surface area contributed by atoms with E-state index in [-0.39, 0.29) is 17.7 Å². The zero-order valence-electron chi connectivity index (χ0n) is 16.2. The second-order valence-electron chi connectivity index (χ2n) is 8.34. The lowest BCUT2D eigenvalue weighted by molar-refractivity contribution is 0.157. The monoisotopic (exact) mass is 412 g/mol. The number of H-pyrrole nitrogens is 1. The Kier molecular flexibility index (Phi) is 4.98. The molecule has 3 fully saturated rings. The second kappa shape index (κ2) is 7.63. The van der Waals surface area contributed by atoms with Gasteiger partial charge in [-0.2, -0.15) is 0 Å². The summed E-state index contributed by atoms with van der Waals surface area (Å²) in [5, 5.41) is 13.6. The molecule has 29 heavy (non-hydrogen) atoms. The molecule has 2 saturated carbocycles. The number of benzene rings is 1. The van der Waals surface area contributed by atoms with Gasteiger partial charge < -0.3 is 14.8 Å². The van der Waals surface area contributed by atoms with Crippen molar-refractivity contribution < 1.29 is 9.84 Å². The van der Waals surface area contributed by atoms with Crippen LogP contribution in [0.15, 0.2) is 41.2 Å². The zero-order valence-corrected chi connectivity index (χ0v) is 16.9. The SMILES string of the molecule is O=c1[nH]c(/C(=C/[C@H]2CCC(O)N2)c2ccc(OC3CC3)c(Cl)c2)ccc1C1CC1. The lowest BCUT2D eigenvalue weighted by Crippen LogP contribution is -2.27. The lowest BCUT2D eigenvalue weighted by atomic mass is 9.98. The number of hydrogen-bond donors (Lipinski definition) is 3. The van der Waals surface area contributed by atoms with E-state index in [4.69, 9.17) is 16.3 Å². The van der Waals surface area contributed by atoms with Crippen LogP contribution in [0.1, 0.15) is 61.3 Å². The number of pyridine rings is 1. The van der Waals surface area contributed by atoms with Gasteiger partial charge in [0.15, 0.2) is 0 Å². The maximum absolute atomic E-state index is 12.6. The molecule has 3 N–H and O–H groups in total. The van der Waals surface area contributed by atoms with Crippen LogP contribution in [0.25, 0.3) is 5.57 Å². The van der Waals surface area contributed by atoms with Gasteiger partial charge in [0.25, 0.3) is 5.56 Å². The first-order valence-corrected chi connectivity index (χ1v) is 10.8. The highest BCUT2D eigenvalue weighted by Gasteiger charge is 2.27. The number of aliphatic hydroxyl groups is 1. The fourth-order valence-electron chi connectivity index (χ4n) is 3.91. The first kappa shape index (κ1) is 18.9. The van der Waals surface area contributed by atoms with Gasteiger partial charge in [-0.15, -0.1) is 0 Å². The van der Waals surface area contributed by atoms with Crippen molar-refractivity contribution >= 4 is 17.2 Å². The average molecular weight is 413 g/mol. The van der Waals surface area contributed by atoms with Crippen LogP contribution in [0, 0.1) is 0 Å². The van der Waals surface area contributed by atoms with Crippen LogP contribution in [-0.2, 0) is 0 Å². The molecule has 152 valence electrons. The van der Waals surface area contributed by atoms with Gasteiger partial charge in [-0.1, -0.05) is 29.8 Å². The molecule has 6 heteroatoms. The van der Waals surface area contributed by atoms with Crippen LogP contribution in [0.4, 0.5) is 0 Å². The van der Waals surface area contributed by atoms with Gasteiger partial charge in [0.05, 0.1) is 11.1 Å². The Labute approximate surface area is 174 Å². The topological polar surface area (TPSA) is 74.4 Å². The fourth-order valence-corrected chi connectivity index (χ4v) is 4.14. The van der Waals surface area contributed by atoms with Crippen LogP contribution in [0.5, 0.6) is 5.75 Å². The van der Waals surface area contributed by atoms with E-state index in [1.807, 2.05) is 30.3 Å². The van der Waals surface area contributed by atoms with Crippen molar-refractivity contribution in [3.63, 3.8) is 0 Å². The highest BCUT2D eigenvalue weighted by molar-refractivity contribution is 6.32. The molecule has 1 aromatic heterocycles. The molecule has 2 heterocycles. The molecule has 0 bridgehead atoms. The Morgan fingerprint density at radius 3 is 2.55 bits per heavy atom. The lowest BCUT2D eigenvalue weighted by Gasteiger charge is -2.15. The number of aromatic nitrogens is 1. The molecule has 1 saturated heterocycles. The van der Waals surface area contributed by atoms with E-state index in [0.717, 1.165) is 54.5 Å². The minimum Gasteiger partial charge on any atom is -0.489 e. The summed E-state index contributed by atoms with van der Waals surface area (Å²) in [5.41, 5.74) is 3.42. The van der Waals surface area contributed by atoms with Gasteiger partial charge >= 0.3 is 0 Å². The van der Waals surface area contributed by atoms with Gasteiger partial charge in [-0.05, 0) is 68.2 Å². The highest BCUT2D eigenvalue weighted by Crippen LogP contribution is 2.39. The summed E-state index contributed by atoms with van der Waals surface area (Å²) in [6.45, 7) is 0. The van der Waals surface area contributed by atoms with Gasteiger partial charge in [0.2, 0.25) is 0 Å². The number of rotatable bonds is 6. The second-order valence-corrected chi connectivity index (χ2v) is 8.75. The van der Waals surface area contributed by atoms with Gasteiger partial charge in [0.1, 0.15) is 12.0 Å². The standard InChI is InChI=1S/C23H25ClN2O3/c24-19-11-14(3-9-21(19)29-16-5-6-16)18(12-15-4-10-22(27)25-15)20-8-7-17(13-1-2-13)23(28)26-20/h3,7-9,11-13,15-16,22,25,27H,1-2,4-6,10H2,(H,26,28)/b18-12+/t15-,22?/m1/s1. The maximum atomic E-state index is 12.6. The van der Waals surface area contributed by atoms with Crippen molar-refractivity contribution in [2.75, 3.05) is 0 Å². The van der Waals surface area contributed by atoms with E-state index in [0.29, 0.717) is 23.1 Å². The first-order valence-electron chi connectivity index (χ1n) is 10.4. The molecule has 0 spiro atoms. The Balaban J connectivity index is 1.51. The van der Waals surface area contributed by atoms with Crippen molar-refractivity contribution in [2.45, 2.75) is 62.8 Å². The quantitative estimate of drug-likeness (QED) is 0.671. The third kappa shape index (κ3) is 4.27. The summed E-state index contributed by atoms with van der Waals surface area (Å²) in [6.07, 6.45) is 7.74. The number of aliphatic hydroxyl groups excluding tert-OH is 1. The van der Waals surface area contributed by atoms with Crippen molar-refractivity contribution in [1.29, 1.82) is 0 Å². The van der Waals surface area contributed by atoms with Crippen LogP contribution in [0.2, 0.25) is 5.02 Å². The van der Waals surface area contributed by atoms with Crippen LogP contribution in [-0.4, -0.2) is 28.5 Å². The fraction of sp³-hybridized carbons (Fsp3) is 0.435. The van der Waals surface area contributed by atoms with E-state index in [9.17, 15) is 9.90 Å². The van der Waals surface area contributed by atoms with E-state index in [1.165, 1.54) is 0 Å². The molecular weight excluding hydrogens is 388 g/mol. The molecule has 1 unspecified atom stereocenters. The number of ether oxygens (including phenoxy) is 1. The first-order chi connectivity index (χ1) is 14.1. The Bertz CT molecular complexity index is 1010. The van der Waals surface area contributed by atoms with Crippen LogP contribution >= 0.6 is 11.6 Å². The minimum atomic E-state index is -0.494. The van der Waals surface area contributed by atoms with E-state index < -0.39 is 6.23 Å². The van der Waals surface area contributed by atoms with Crippen LogP contribution in [0.3, 0.4) is 0 Å². The summed E-state index contributed by atoms with van der Waals surface area (Å²) >= 11 is 6.50. The number of nitrogens with one attached hydrogen (secondary N) is 2. The molecule has 1 aliphatic heterocycles. The van der Waals surface area contributed by atoms with E-state index in [2.05, 4.69) is 16.4 Å². The van der Waals surface area contributed by atoms with Crippen molar-refractivity contribution in [1.82, 2.24) is 10.3 Å². The Hall–Kier alpha value is -2.08. The molecule has 5 nitrogen and oxygen atoms in total. The van der Waals surface area contributed by atoms with Gasteiger partial charge in [-0.25, -0.2) is 0 Å². The molecule has 5 rings (SSSR count). The Morgan fingerprint density at radius 1 is 1.10 bits per heavy atom. The minimum absolute atomic E-state index is 0.0184. The van der Waals surface area contributed by atoms with E-state index in [1.54, 1.807) is 0 Å². The molecule has 2 atom stereocenters. The van der Waals surface area contributed by atoms with Gasteiger partial charge in [-0.3, -0.25) is 10.1 Å². The predicted octanol–water partition coefficient (Wildman–Crippen LogP) is 3.95. The van der Waals surface area contributed by atoms with Crippen molar-refractivity contribution in [2.24, 2.45) is 0 Å². The third-order valence-electron chi connectivity index (χ3n) is 5.83. The molecule has 0 amide bonds. The Morgan fingerprint density at radius 2 is 1.93 bits per heavy atom. The number of aromatic amines is 1. The predicted molar refractivity (Wildman–Crippen MR) is 113 cm³/mol. The maximum Gasteiger partial charge on any atom is 0.251 e. The van der Waals surface area contributed by atoms with Crippen LogP contribution < -0.4 is 15.6 Å². The van der Waals surface area contributed by atoms with E-state index >= 15 is 0 Å². The van der Waals surface area contributed by atoms with Gasteiger partial charge in [0, 0.05) is 22.9 Å². The highest BCUT2D eigenvalue weighted by atomic mass is 35.5. The average Bonchev–Trinajstić information content (AvgIpc) is 3.62. The summed E-state index contributed by atoms with van der Waals surface area (Å²) in [7, 11) is 0. The molecule has 2 aromatic rings. The summed E-state index contributed by atoms with van der Waals surface area (Å²) < 4.78 is 5.86. The molecule has 3 aliphatic rings. The summed E-state index contributed by atoms with van der Waals surface area (Å²) in [6, 6.07) is 9.74. The molecule has 2 aliphatic carbocycles. The normalized spacial score (nSPS) is 24.7. The third-order valence-corrected chi connectivity index (χ3v) is 6.13. The zero-order chi connectivity index (χ0) is 20.0. The summed E-state index contributed by atoms with van der Waals surface area (Å²) in [5.74, 6) is 1.10. The number of halogens is 1. The molecular formula is C23H25ClN2O3. The largest absolute Gasteiger partial charge is 0.489 e. The summed E-state index contributed by atoms with van der Waals surface area (Å²) in [4.78, 5) is 15.7. The molecule has 1 aromatic carbocycles. The smallest absolute Gasteiger partial charge is 0.251 e. The number of hydrogen-bond acceptors (Lipinski definition) is 4.